The first kappa shape index (κ1) is 19.2. The molecule has 0 aliphatic carbocycles. The van der Waals surface area contributed by atoms with E-state index in [1.54, 1.807) is 0 Å². The van der Waals surface area contributed by atoms with Crippen LogP contribution in [0.15, 0.2) is 42.5 Å². The highest BCUT2D eigenvalue weighted by Crippen LogP contribution is 2.24. The lowest BCUT2D eigenvalue weighted by Crippen LogP contribution is -2.40. The molecule has 0 fully saturated rings. The lowest BCUT2D eigenvalue weighted by molar-refractivity contribution is -0.119. The molecule has 0 saturated carbocycles. The van der Waals surface area contributed by atoms with Gasteiger partial charge in [0.2, 0.25) is 15.9 Å². The molecular formula is C17H18ClFN2O3S. The Labute approximate surface area is 151 Å². The van der Waals surface area contributed by atoms with E-state index in [-0.39, 0.29) is 17.3 Å². The fraction of sp³-hybridized carbons (Fsp3) is 0.235. The van der Waals surface area contributed by atoms with Gasteiger partial charge < -0.3 is 5.32 Å². The van der Waals surface area contributed by atoms with Crippen LogP contribution in [0.3, 0.4) is 0 Å². The smallest absolute Gasteiger partial charge is 0.241 e. The van der Waals surface area contributed by atoms with Crippen molar-refractivity contribution < 1.29 is 17.6 Å². The van der Waals surface area contributed by atoms with E-state index in [1.165, 1.54) is 12.1 Å². The molecule has 0 saturated heterocycles. The van der Waals surface area contributed by atoms with Crippen molar-refractivity contribution in [3.8, 4) is 0 Å². The van der Waals surface area contributed by atoms with Gasteiger partial charge in [-0.05, 0) is 36.2 Å². The van der Waals surface area contributed by atoms with Crippen molar-refractivity contribution in [2.24, 2.45) is 0 Å². The number of halogens is 2. The summed E-state index contributed by atoms with van der Waals surface area (Å²) in [6.07, 6.45) is 0.971. The summed E-state index contributed by atoms with van der Waals surface area (Å²) in [4.78, 5) is 12.2. The molecule has 0 aliphatic heterocycles. The molecule has 2 aromatic rings. The van der Waals surface area contributed by atoms with Gasteiger partial charge in [0.1, 0.15) is 12.4 Å². The van der Waals surface area contributed by atoms with Crippen molar-refractivity contribution >= 4 is 33.2 Å². The Morgan fingerprint density at radius 3 is 2.52 bits per heavy atom. The summed E-state index contributed by atoms with van der Waals surface area (Å²) in [5, 5.41) is 2.47. The fourth-order valence-electron chi connectivity index (χ4n) is 2.23. The minimum Gasteiger partial charge on any atom is -0.350 e. The molecule has 1 amide bonds. The van der Waals surface area contributed by atoms with Crippen molar-refractivity contribution in [1.82, 2.24) is 5.32 Å². The number of rotatable bonds is 6. The Kier molecular flexibility index (Phi) is 6.02. The second kappa shape index (κ2) is 7.84. The normalized spacial score (nSPS) is 11.2. The quantitative estimate of drug-likeness (QED) is 0.832. The number of aryl methyl sites for hydroxylation is 1. The van der Waals surface area contributed by atoms with Crippen LogP contribution < -0.4 is 9.62 Å². The predicted octanol–water partition coefficient (Wildman–Crippen LogP) is 2.87. The van der Waals surface area contributed by atoms with Crippen LogP contribution in [0, 0.1) is 12.7 Å². The molecule has 2 rings (SSSR count). The Hall–Kier alpha value is -2.12. The number of hydrogen-bond acceptors (Lipinski definition) is 3. The van der Waals surface area contributed by atoms with Gasteiger partial charge in [0, 0.05) is 6.54 Å². The van der Waals surface area contributed by atoms with Gasteiger partial charge in [-0.2, -0.15) is 0 Å². The van der Waals surface area contributed by atoms with Crippen molar-refractivity contribution in [2.75, 3.05) is 17.1 Å². The summed E-state index contributed by atoms with van der Waals surface area (Å²) in [6, 6.07) is 11.0. The number of nitrogens with one attached hydrogen (secondary N) is 1. The zero-order valence-electron chi connectivity index (χ0n) is 13.8. The third-order valence-corrected chi connectivity index (χ3v) is 5.05. The average Bonchev–Trinajstić information content (AvgIpc) is 2.53. The van der Waals surface area contributed by atoms with Gasteiger partial charge in [0.25, 0.3) is 0 Å². The lowest BCUT2D eigenvalue weighted by atomic mass is 10.1. The summed E-state index contributed by atoms with van der Waals surface area (Å²) in [5.74, 6) is -1.14. The third-order valence-electron chi connectivity index (χ3n) is 3.62. The first-order valence-corrected chi connectivity index (χ1v) is 9.65. The van der Waals surface area contributed by atoms with Crippen molar-refractivity contribution in [3.63, 3.8) is 0 Å². The van der Waals surface area contributed by atoms with E-state index in [1.807, 2.05) is 31.2 Å². The van der Waals surface area contributed by atoms with Gasteiger partial charge in [-0.1, -0.05) is 35.9 Å². The number of sulfonamides is 1. The van der Waals surface area contributed by atoms with E-state index in [4.69, 9.17) is 11.6 Å². The summed E-state index contributed by atoms with van der Waals surface area (Å²) >= 11 is 5.71. The van der Waals surface area contributed by atoms with Crippen LogP contribution in [0.4, 0.5) is 10.1 Å². The number of nitrogens with zero attached hydrogens (tertiary/aromatic N) is 1. The van der Waals surface area contributed by atoms with E-state index in [9.17, 15) is 17.6 Å². The molecule has 1 N–H and O–H groups in total. The Morgan fingerprint density at radius 2 is 1.92 bits per heavy atom. The van der Waals surface area contributed by atoms with Gasteiger partial charge in [-0.3, -0.25) is 9.10 Å². The highest BCUT2D eigenvalue weighted by Gasteiger charge is 2.21. The maximum absolute atomic E-state index is 13.3. The minimum atomic E-state index is -3.74. The van der Waals surface area contributed by atoms with Crippen LogP contribution in [0.2, 0.25) is 5.02 Å². The van der Waals surface area contributed by atoms with Crippen molar-refractivity contribution in [2.45, 2.75) is 13.5 Å². The Balaban J connectivity index is 2.13. The molecule has 5 nitrogen and oxygen atoms in total. The predicted molar refractivity (Wildman–Crippen MR) is 96.6 cm³/mol. The van der Waals surface area contributed by atoms with Crippen LogP contribution >= 0.6 is 11.6 Å². The molecule has 0 bridgehead atoms. The molecule has 134 valence electrons. The number of carbonyl (C=O) groups excluding carboxylic acids is 1. The molecule has 0 unspecified atom stereocenters. The van der Waals surface area contributed by atoms with Gasteiger partial charge >= 0.3 is 0 Å². The van der Waals surface area contributed by atoms with Gasteiger partial charge in [-0.25, -0.2) is 12.8 Å². The van der Waals surface area contributed by atoms with E-state index in [0.29, 0.717) is 0 Å². The minimum absolute atomic E-state index is 0.125. The van der Waals surface area contributed by atoms with E-state index in [2.05, 4.69) is 5.32 Å². The number of amides is 1. The fourth-order valence-corrected chi connectivity index (χ4v) is 3.25. The third kappa shape index (κ3) is 5.17. The SMILES string of the molecule is Cc1ccccc1CNC(=O)CN(c1ccc(F)c(Cl)c1)S(C)(=O)=O. The largest absolute Gasteiger partial charge is 0.350 e. The Morgan fingerprint density at radius 1 is 1.24 bits per heavy atom. The van der Waals surface area contributed by atoms with Crippen molar-refractivity contribution in [3.05, 3.63) is 64.4 Å². The average molecular weight is 385 g/mol. The maximum atomic E-state index is 13.3. The molecule has 2 aromatic carbocycles. The first-order chi connectivity index (χ1) is 11.7. The standard InChI is InChI=1S/C17H18ClFN2O3S/c1-12-5-3-4-6-13(12)10-20-17(22)11-21(25(2,23)24)14-7-8-16(19)15(18)9-14/h3-9H,10-11H2,1-2H3,(H,20,22). The second-order valence-electron chi connectivity index (χ2n) is 5.57. The monoisotopic (exact) mass is 384 g/mol. The molecular weight excluding hydrogens is 367 g/mol. The zero-order valence-corrected chi connectivity index (χ0v) is 15.4. The van der Waals surface area contributed by atoms with Gasteiger partial charge in [0.05, 0.1) is 17.0 Å². The van der Waals surface area contributed by atoms with Crippen LogP contribution in [0.1, 0.15) is 11.1 Å². The lowest BCUT2D eigenvalue weighted by Gasteiger charge is -2.22. The number of carbonyl (C=O) groups is 1. The molecule has 0 aromatic heterocycles. The molecule has 0 radical (unpaired) electrons. The molecule has 0 atom stereocenters. The van der Waals surface area contributed by atoms with Crippen LogP contribution in [0.5, 0.6) is 0 Å². The highest BCUT2D eigenvalue weighted by molar-refractivity contribution is 7.92. The number of anilines is 1. The summed E-state index contributed by atoms with van der Waals surface area (Å²) in [7, 11) is -3.74. The van der Waals surface area contributed by atoms with E-state index >= 15 is 0 Å². The topological polar surface area (TPSA) is 66.5 Å². The van der Waals surface area contributed by atoms with E-state index < -0.39 is 28.3 Å². The van der Waals surface area contributed by atoms with Crippen LogP contribution in [0.25, 0.3) is 0 Å². The maximum Gasteiger partial charge on any atom is 0.241 e. The highest BCUT2D eigenvalue weighted by atomic mass is 35.5. The molecule has 0 aliphatic rings. The second-order valence-corrected chi connectivity index (χ2v) is 7.89. The van der Waals surface area contributed by atoms with Crippen molar-refractivity contribution in [1.29, 1.82) is 0 Å². The molecule has 8 heteroatoms. The number of benzene rings is 2. The molecule has 25 heavy (non-hydrogen) atoms. The molecule has 0 heterocycles. The summed E-state index contributed by atoms with van der Waals surface area (Å²) < 4.78 is 38.2. The molecule has 0 spiro atoms. The van der Waals surface area contributed by atoms with Gasteiger partial charge in [0.15, 0.2) is 0 Å². The van der Waals surface area contributed by atoms with Crippen LogP contribution in [-0.2, 0) is 21.4 Å². The summed E-state index contributed by atoms with van der Waals surface area (Å²) in [5.41, 5.74) is 2.08. The Bertz CT molecular complexity index is 887. The van der Waals surface area contributed by atoms with E-state index in [0.717, 1.165) is 27.8 Å². The van der Waals surface area contributed by atoms with Crippen LogP contribution in [-0.4, -0.2) is 27.1 Å². The zero-order chi connectivity index (χ0) is 18.6. The first-order valence-electron chi connectivity index (χ1n) is 7.42. The summed E-state index contributed by atoms with van der Waals surface area (Å²) in [6.45, 7) is 1.78. The van der Waals surface area contributed by atoms with Gasteiger partial charge in [-0.15, -0.1) is 0 Å². The number of hydrogen-bond donors (Lipinski definition) is 1.